The van der Waals surface area contributed by atoms with E-state index in [0.717, 1.165) is 45.3 Å². The normalized spacial score (nSPS) is 14.5. The lowest BCUT2D eigenvalue weighted by Crippen LogP contribution is -2.40. The molecule has 0 aliphatic carbocycles. The molecule has 2 aromatic rings. The fraction of sp³-hybridized carbons (Fsp3) is 0.565. The molecule has 0 spiro atoms. The zero-order valence-electron chi connectivity index (χ0n) is 19.0. The molecule has 0 bridgehead atoms. The van der Waals surface area contributed by atoms with Crippen LogP contribution in [0, 0.1) is 6.92 Å². The number of nitrogens with one attached hydrogen (secondary N) is 1. The number of amides is 1. The summed E-state index contributed by atoms with van der Waals surface area (Å²) in [4.78, 5) is 14.2. The van der Waals surface area contributed by atoms with Gasteiger partial charge in [-0.25, -0.2) is 4.79 Å². The minimum absolute atomic E-state index is 0.106. The third kappa shape index (κ3) is 5.09. The van der Waals surface area contributed by atoms with Crippen LogP contribution in [0.5, 0.6) is 5.75 Å². The van der Waals surface area contributed by atoms with Crippen LogP contribution in [0.1, 0.15) is 69.6 Å². The first kappa shape index (κ1) is 22.5. The molecule has 0 unspecified atom stereocenters. The highest BCUT2D eigenvalue weighted by molar-refractivity contribution is 6.31. The van der Waals surface area contributed by atoms with Gasteiger partial charge in [0.1, 0.15) is 23.7 Å². The van der Waals surface area contributed by atoms with Crippen molar-refractivity contribution in [2.45, 2.75) is 79.1 Å². The van der Waals surface area contributed by atoms with Crippen molar-refractivity contribution < 1.29 is 14.3 Å². The van der Waals surface area contributed by atoms with Crippen LogP contribution in [0.25, 0.3) is 0 Å². The molecule has 6 nitrogen and oxygen atoms in total. The number of halogens is 1. The fourth-order valence-corrected chi connectivity index (χ4v) is 3.63. The number of aryl methyl sites for hydroxylation is 1. The number of benzene rings is 1. The van der Waals surface area contributed by atoms with Gasteiger partial charge in [-0.05, 0) is 50.8 Å². The van der Waals surface area contributed by atoms with Gasteiger partial charge in [-0.2, -0.15) is 5.10 Å². The lowest BCUT2D eigenvalue weighted by atomic mass is 9.86. The molecule has 1 aliphatic rings. The molecule has 2 heterocycles. The second-order valence-corrected chi connectivity index (χ2v) is 10.3. The first-order valence-electron chi connectivity index (χ1n) is 10.3. The maximum atomic E-state index is 12.5. The van der Waals surface area contributed by atoms with Gasteiger partial charge in [0.15, 0.2) is 0 Å². The molecule has 30 heavy (non-hydrogen) atoms. The van der Waals surface area contributed by atoms with E-state index in [0.29, 0.717) is 19.7 Å². The molecule has 0 radical (unpaired) electrons. The molecular formula is C23H32ClN3O3. The predicted octanol–water partition coefficient (Wildman–Crippen LogP) is 5.54. The van der Waals surface area contributed by atoms with E-state index < -0.39 is 5.60 Å². The molecule has 1 aromatic carbocycles. The van der Waals surface area contributed by atoms with Crippen molar-refractivity contribution >= 4 is 17.7 Å². The van der Waals surface area contributed by atoms with Crippen molar-refractivity contribution in [2.24, 2.45) is 0 Å². The van der Waals surface area contributed by atoms with E-state index in [1.807, 2.05) is 39.8 Å². The highest BCUT2D eigenvalue weighted by Gasteiger charge is 2.29. The number of fused-ring (bicyclic) bond motifs is 1. The largest absolute Gasteiger partial charge is 0.487 e. The Morgan fingerprint density at radius 1 is 1.23 bits per heavy atom. The zero-order chi connectivity index (χ0) is 22.3. The molecule has 1 N–H and O–H groups in total. The Kier molecular flexibility index (Phi) is 6.10. The number of aromatic amines is 1. The lowest BCUT2D eigenvalue weighted by molar-refractivity contribution is 0.0222. The quantitative estimate of drug-likeness (QED) is 0.689. The van der Waals surface area contributed by atoms with Gasteiger partial charge in [0.25, 0.3) is 0 Å². The Labute approximate surface area is 183 Å². The van der Waals surface area contributed by atoms with Gasteiger partial charge in [-0.15, -0.1) is 0 Å². The highest BCUT2D eigenvalue weighted by atomic mass is 35.5. The molecular weight excluding hydrogens is 402 g/mol. The van der Waals surface area contributed by atoms with Crippen LogP contribution in [0.2, 0.25) is 5.02 Å². The Balaban J connectivity index is 1.78. The van der Waals surface area contributed by atoms with Crippen molar-refractivity contribution in [3.63, 3.8) is 0 Å². The van der Waals surface area contributed by atoms with Gasteiger partial charge in [-0.3, -0.25) is 5.10 Å². The van der Waals surface area contributed by atoms with Gasteiger partial charge < -0.3 is 14.4 Å². The Morgan fingerprint density at radius 3 is 2.57 bits per heavy atom. The van der Waals surface area contributed by atoms with E-state index >= 15 is 0 Å². The Morgan fingerprint density at radius 2 is 1.93 bits per heavy atom. The van der Waals surface area contributed by atoms with Gasteiger partial charge in [0.05, 0.1) is 6.54 Å². The first-order valence-corrected chi connectivity index (χ1v) is 10.7. The van der Waals surface area contributed by atoms with Crippen LogP contribution >= 0.6 is 11.6 Å². The summed E-state index contributed by atoms with van der Waals surface area (Å²) < 4.78 is 11.7. The second-order valence-electron chi connectivity index (χ2n) is 9.92. The maximum Gasteiger partial charge on any atom is 0.410 e. The average molecular weight is 434 g/mol. The Bertz CT molecular complexity index is 938. The average Bonchev–Trinajstić information content (AvgIpc) is 3.02. The van der Waals surface area contributed by atoms with Crippen molar-refractivity contribution in [1.29, 1.82) is 0 Å². The van der Waals surface area contributed by atoms with E-state index in [1.54, 1.807) is 4.90 Å². The summed E-state index contributed by atoms with van der Waals surface area (Å²) in [6.07, 6.45) is 0.416. The van der Waals surface area contributed by atoms with E-state index in [4.69, 9.17) is 21.1 Å². The van der Waals surface area contributed by atoms with Gasteiger partial charge >= 0.3 is 6.09 Å². The van der Waals surface area contributed by atoms with E-state index in [1.165, 1.54) is 0 Å². The summed E-state index contributed by atoms with van der Waals surface area (Å²) in [5, 5.41) is 8.30. The number of rotatable bonds is 3. The second kappa shape index (κ2) is 8.14. The first-order chi connectivity index (χ1) is 13.8. The molecule has 3 rings (SSSR count). The number of carbonyl (C=O) groups is 1. The minimum atomic E-state index is -0.518. The molecule has 0 fully saturated rings. The van der Waals surface area contributed by atoms with E-state index in [9.17, 15) is 4.79 Å². The number of ether oxygens (including phenoxy) is 2. The van der Waals surface area contributed by atoms with Gasteiger partial charge in [0.2, 0.25) is 0 Å². The number of nitrogens with zero attached hydrogens (tertiary/aromatic N) is 2. The van der Waals surface area contributed by atoms with Crippen LogP contribution in [0.3, 0.4) is 0 Å². The van der Waals surface area contributed by atoms with Crippen LogP contribution in [-0.4, -0.2) is 33.3 Å². The van der Waals surface area contributed by atoms with E-state index in [2.05, 4.69) is 31.0 Å². The SMILES string of the molecule is Cc1cc(OCc2n[nH]c3c2CN(C(=O)OC(C)(C)C)CC3)c(C(C)(C)C)cc1Cl. The van der Waals surface area contributed by atoms with Crippen molar-refractivity contribution in [1.82, 2.24) is 15.1 Å². The van der Waals surface area contributed by atoms with Gasteiger partial charge in [-0.1, -0.05) is 32.4 Å². The molecule has 0 saturated heterocycles. The molecule has 7 heteroatoms. The molecule has 1 aromatic heterocycles. The summed E-state index contributed by atoms with van der Waals surface area (Å²) in [6.45, 7) is 15.4. The van der Waals surface area contributed by atoms with Crippen molar-refractivity contribution in [2.75, 3.05) is 6.54 Å². The number of hydrogen-bond acceptors (Lipinski definition) is 4. The van der Waals surface area contributed by atoms with Crippen molar-refractivity contribution in [3.8, 4) is 5.75 Å². The topological polar surface area (TPSA) is 67.5 Å². The molecule has 1 aliphatic heterocycles. The number of aromatic nitrogens is 2. The maximum absolute atomic E-state index is 12.5. The third-order valence-electron chi connectivity index (χ3n) is 5.10. The summed E-state index contributed by atoms with van der Waals surface area (Å²) in [5.74, 6) is 0.806. The molecule has 1 amide bonds. The summed E-state index contributed by atoms with van der Waals surface area (Å²) in [5.41, 5.74) is 4.27. The number of carbonyl (C=O) groups excluding carboxylic acids is 1. The molecule has 164 valence electrons. The summed E-state index contributed by atoms with van der Waals surface area (Å²) in [6, 6.07) is 3.96. The van der Waals surface area contributed by atoms with Crippen LogP contribution < -0.4 is 4.74 Å². The van der Waals surface area contributed by atoms with Crippen LogP contribution in [0.15, 0.2) is 12.1 Å². The molecule has 0 saturated carbocycles. The van der Waals surface area contributed by atoms with Crippen LogP contribution in [0.4, 0.5) is 4.79 Å². The molecule has 0 atom stereocenters. The standard InChI is InChI=1S/C23H32ClN3O3/c1-14-10-20(16(11-17(14)24)22(2,3)4)29-13-19-15-12-27(9-8-18(15)25-26-19)21(28)30-23(5,6)7/h10-11H,8-9,12-13H2,1-7H3,(H,25,26). The number of H-pyrrole nitrogens is 1. The zero-order valence-corrected chi connectivity index (χ0v) is 19.7. The third-order valence-corrected chi connectivity index (χ3v) is 5.51. The Hall–Kier alpha value is -2.21. The number of hydrogen-bond donors (Lipinski definition) is 1. The fourth-order valence-electron chi connectivity index (χ4n) is 3.46. The monoisotopic (exact) mass is 433 g/mol. The smallest absolute Gasteiger partial charge is 0.410 e. The summed E-state index contributed by atoms with van der Waals surface area (Å²) >= 11 is 6.36. The minimum Gasteiger partial charge on any atom is -0.487 e. The van der Waals surface area contributed by atoms with Crippen LogP contribution in [-0.2, 0) is 29.7 Å². The van der Waals surface area contributed by atoms with Gasteiger partial charge in [0, 0.05) is 34.8 Å². The van der Waals surface area contributed by atoms with Crippen molar-refractivity contribution in [3.05, 3.63) is 45.2 Å². The van der Waals surface area contributed by atoms with E-state index in [-0.39, 0.29) is 11.5 Å². The predicted molar refractivity (Wildman–Crippen MR) is 118 cm³/mol. The summed E-state index contributed by atoms with van der Waals surface area (Å²) in [7, 11) is 0. The lowest BCUT2D eigenvalue weighted by Gasteiger charge is -2.30. The highest BCUT2D eigenvalue weighted by Crippen LogP contribution is 2.36.